The van der Waals surface area contributed by atoms with E-state index in [0.29, 0.717) is 17.9 Å². The highest BCUT2D eigenvalue weighted by molar-refractivity contribution is 5.93. The van der Waals surface area contributed by atoms with Gasteiger partial charge in [-0.3, -0.25) is 4.79 Å². The van der Waals surface area contributed by atoms with Crippen molar-refractivity contribution in [2.24, 2.45) is 0 Å². The molecule has 3 heteroatoms. The summed E-state index contributed by atoms with van der Waals surface area (Å²) >= 11 is 0. The Kier molecular flexibility index (Phi) is 2.07. The maximum absolute atomic E-state index is 10.3. The van der Waals surface area contributed by atoms with Crippen molar-refractivity contribution < 1.29 is 9.53 Å². The number of anilines is 1. The SMILES string of the molecule is Nc1ccc2ccccc2c1OC=O. The third kappa shape index (κ3) is 1.29. The van der Waals surface area contributed by atoms with Crippen molar-refractivity contribution in [3.8, 4) is 5.75 Å². The van der Waals surface area contributed by atoms with Crippen molar-refractivity contribution in [1.82, 2.24) is 0 Å². The molecule has 3 nitrogen and oxygen atoms in total. The third-order valence-electron chi connectivity index (χ3n) is 2.08. The molecule has 2 aromatic rings. The number of rotatable bonds is 2. The molecule has 70 valence electrons. The molecule has 2 rings (SSSR count). The van der Waals surface area contributed by atoms with E-state index in [1.54, 1.807) is 6.07 Å². The summed E-state index contributed by atoms with van der Waals surface area (Å²) in [6.45, 7) is 0.387. The molecular formula is C11H9NO2. The number of carbonyl (C=O) groups excluding carboxylic acids is 1. The molecule has 0 fully saturated rings. The highest BCUT2D eigenvalue weighted by Crippen LogP contribution is 2.31. The highest BCUT2D eigenvalue weighted by atomic mass is 16.5. The summed E-state index contributed by atoms with van der Waals surface area (Å²) < 4.78 is 4.84. The average Bonchev–Trinajstić information content (AvgIpc) is 2.23. The molecule has 2 aromatic carbocycles. The molecule has 0 bridgehead atoms. The van der Waals surface area contributed by atoms with Crippen LogP contribution >= 0.6 is 0 Å². The van der Waals surface area contributed by atoms with Gasteiger partial charge in [0.15, 0.2) is 5.75 Å². The Hall–Kier alpha value is -2.03. The lowest BCUT2D eigenvalue weighted by molar-refractivity contribution is -0.120. The fourth-order valence-corrected chi connectivity index (χ4v) is 1.44. The van der Waals surface area contributed by atoms with Crippen LogP contribution in [0.3, 0.4) is 0 Å². The fourth-order valence-electron chi connectivity index (χ4n) is 1.44. The second-order valence-electron chi connectivity index (χ2n) is 2.92. The van der Waals surface area contributed by atoms with Gasteiger partial charge in [-0.05, 0) is 11.5 Å². The molecule has 0 spiro atoms. The van der Waals surface area contributed by atoms with E-state index in [1.165, 1.54) is 0 Å². The molecule has 0 heterocycles. The van der Waals surface area contributed by atoms with Gasteiger partial charge in [-0.1, -0.05) is 30.3 Å². The van der Waals surface area contributed by atoms with Crippen molar-refractivity contribution in [3.05, 3.63) is 36.4 Å². The van der Waals surface area contributed by atoms with Gasteiger partial charge in [0.1, 0.15) is 0 Å². The van der Waals surface area contributed by atoms with Crippen molar-refractivity contribution >= 4 is 22.9 Å². The Labute approximate surface area is 81.1 Å². The van der Waals surface area contributed by atoms with Gasteiger partial charge < -0.3 is 10.5 Å². The van der Waals surface area contributed by atoms with Crippen LogP contribution in [0.25, 0.3) is 10.8 Å². The fraction of sp³-hybridized carbons (Fsp3) is 0. The zero-order chi connectivity index (χ0) is 9.97. The zero-order valence-electron chi connectivity index (χ0n) is 7.44. The van der Waals surface area contributed by atoms with Crippen molar-refractivity contribution in [2.75, 3.05) is 5.73 Å². The summed E-state index contributed by atoms with van der Waals surface area (Å²) in [5.74, 6) is 0.429. The molecule has 0 saturated heterocycles. The Morgan fingerprint density at radius 1 is 1.14 bits per heavy atom. The molecule has 0 aliphatic heterocycles. The minimum atomic E-state index is 0.387. The van der Waals surface area contributed by atoms with Gasteiger partial charge in [-0.15, -0.1) is 0 Å². The van der Waals surface area contributed by atoms with E-state index in [4.69, 9.17) is 10.5 Å². The predicted molar refractivity (Wildman–Crippen MR) is 55.1 cm³/mol. The maximum atomic E-state index is 10.3. The van der Waals surface area contributed by atoms with Gasteiger partial charge in [0, 0.05) is 5.39 Å². The van der Waals surface area contributed by atoms with Crippen LogP contribution in [0, 0.1) is 0 Å². The number of nitrogen functional groups attached to an aromatic ring is 1. The average molecular weight is 187 g/mol. The second kappa shape index (κ2) is 3.38. The summed E-state index contributed by atoms with van der Waals surface area (Å²) in [4.78, 5) is 10.3. The predicted octanol–water partition coefficient (Wildman–Crippen LogP) is 1.96. The number of nitrogens with two attached hydrogens (primary N) is 1. The van der Waals surface area contributed by atoms with E-state index in [-0.39, 0.29) is 0 Å². The quantitative estimate of drug-likeness (QED) is 0.577. The normalized spacial score (nSPS) is 10.0. The standard InChI is InChI=1S/C11H9NO2/c12-10-6-5-8-3-1-2-4-9(8)11(10)14-7-13/h1-7H,12H2. The molecular weight excluding hydrogens is 178 g/mol. The van der Waals surface area contributed by atoms with Crippen LogP contribution in [-0.2, 0) is 4.79 Å². The Morgan fingerprint density at radius 2 is 1.93 bits per heavy atom. The molecule has 0 aliphatic carbocycles. The van der Waals surface area contributed by atoms with Gasteiger partial charge in [-0.2, -0.15) is 0 Å². The van der Waals surface area contributed by atoms with Crippen LogP contribution < -0.4 is 10.5 Å². The minimum absolute atomic E-state index is 0.387. The van der Waals surface area contributed by atoms with E-state index in [2.05, 4.69) is 0 Å². The summed E-state index contributed by atoms with van der Waals surface area (Å²) in [6.07, 6.45) is 0. The van der Waals surface area contributed by atoms with Crippen molar-refractivity contribution in [2.45, 2.75) is 0 Å². The molecule has 14 heavy (non-hydrogen) atoms. The lowest BCUT2D eigenvalue weighted by Gasteiger charge is -2.06. The number of hydrogen-bond donors (Lipinski definition) is 1. The smallest absolute Gasteiger partial charge is 0.298 e. The molecule has 0 saturated carbocycles. The summed E-state index contributed by atoms with van der Waals surface area (Å²) in [6, 6.07) is 11.2. The molecule has 0 radical (unpaired) electrons. The number of carbonyl (C=O) groups is 1. The third-order valence-corrected chi connectivity index (χ3v) is 2.08. The first-order valence-electron chi connectivity index (χ1n) is 4.20. The van der Waals surface area contributed by atoms with Crippen LogP contribution in [0.4, 0.5) is 5.69 Å². The first-order valence-corrected chi connectivity index (χ1v) is 4.20. The van der Waals surface area contributed by atoms with Crippen molar-refractivity contribution in [1.29, 1.82) is 0 Å². The van der Waals surface area contributed by atoms with Gasteiger partial charge in [0.05, 0.1) is 5.69 Å². The maximum Gasteiger partial charge on any atom is 0.298 e. The topological polar surface area (TPSA) is 52.3 Å². The summed E-state index contributed by atoms with van der Waals surface area (Å²) in [5, 5.41) is 1.85. The van der Waals surface area contributed by atoms with Gasteiger partial charge in [-0.25, -0.2) is 0 Å². The van der Waals surface area contributed by atoms with Crippen LogP contribution in [0.1, 0.15) is 0 Å². The van der Waals surface area contributed by atoms with Crippen LogP contribution in [-0.4, -0.2) is 6.47 Å². The molecule has 2 N–H and O–H groups in total. The van der Waals surface area contributed by atoms with E-state index in [0.717, 1.165) is 10.8 Å². The minimum Gasteiger partial charge on any atom is -0.426 e. The lowest BCUT2D eigenvalue weighted by atomic mass is 10.1. The molecule has 0 aromatic heterocycles. The number of fused-ring (bicyclic) bond motifs is 1. The lowest BCUT2D eigenvalue weighted by Crippen LogP contribution is -1.95. The van der Waals surface area contributed by atoms with E-state index < -0.39 is 0 Å². The van der Waals surface area contributed by atoms with Crippen LogP contribution in [0.15, 0.2) is 36.4 Å². The highest BCUT2D eigenvalue weighted by Gasteiger charge is 2.05. The molecule has 0 amide bonds. The van der Waals surface area contributed by atoms with Crippen molar-refractivity contribution in [3.63, 3.8) is 0 Å². The van der Waals surface area contributed by atoms with E-state index in [1.807, 2.05) is 30.3 Å². The first kappa shape index (κ1) is 8.56. The Balaban J connectivity index is 2.75. The molecule has 0 unspecified atom stereocenters. The summed E-state index contributed by atoms with van der Waals surface area (Å²) in [7, 11) is 0. The van der Waals surface area contributed by atoms with E-state index >= 15 is 0 Å². The van der Waals surface area contributed by atoms with Crippen LogP contribution in [0.5, 0.6) is 5.75 Å². The Morgan fingerprint density at radius 3 is 2.71 bits per heavy atom. The summed E-state index contributed by atoms with van der Waals surface area (Å²) in [5.41, 5.74) is 6.16. The second-order valence-corrected chi connectivity index (χ2v) is 2.92. The van der Waals surface area contributed by atoms with Gasteiger partial charge in [0.25, 0.3) is 6.47 Å². The number of hydrogen-bond acceptors (Lipinski definition) is 3. The van der Waals surface area contributed by atoms with E-state index in [9.17, 15) is 4.79 Å². The van der Waals surface area contributed by atoms with Crippen LogP contribution in [0.2, 0.25) is 0 Å². The largest absolute Gasteiger partial charge is 0.426 e. The Bertz CT molecular complexity index is 480. The molecule has 0 aliphatic rings. The first-order chi connectivity index (χ1) is 6.83. The number of benzene rings is 2. The molecule has 0 atom stereocenters. The zero-order valence-corrected chi connectivity index (χ0v) is 7.44. The number of ether oxygens (including phenoxy) is 1. The van der Waals surface area contributed by atoms with Gasteiger partial charge in [0.2, 0.25) is 0 Å². The van der Waals surface area contributed by atoms with Gasteiger partial charge >= 0.3 is 0 Å². The monoisotopic (exact) mass is 187 g/mol.